The van der Waals surface area contributed by atoms with Gasteiger partial charge in [0.1, 0.15) is 5.69 Å². The quantitative estimate of drug-likeness (QED) is 0.851. The average Bonchev–Trinajstić information content (AvgIpc) is 2.28. The molecule has 1 aromatic rings. The molecule has 1 rings (SSSR count). The molecule has 0 fully saturated rings. The van der Waals surface area contributed by atoms with Gasteiger partial charge in [0.2, 0.25) is 0 Å². The van der Waals surface area contributed by atoms with Gasteiger partial charge in [-0.1, -0.05) is 13.8 Å². The van der Waals surface area contributed by atoms with Gasteiger partial charge in [-0.15, -0.1) is 0 Å². The maximum Gasteiger partial charge on any atom is 0.272 e. The Hall–Kier alpha value is -1.58. The Morgan fingerprint density at radius 1 is 1.47 bits per heavy atom. The van der Waals surface area contributed by atoms with Crippen LogP contribution in [-0.2, 0) is 0 Å². The summed E-state index contributed by atoms with van der Waals surface area (Å²) in [6, 6.07) is 3.64. The van der Waals surface area contributed by atoms with Crippen molar-refractivity contribution in [2.24, 2.45) is 5.92 Å². The van der Waals surface area contributed by atoms with Gasteiger partial charge in [-0.3, -0.25) is 4.79 Å². The largest absolute Gasteiger partial charge is 0.384 e. The zero-order valence-electron chi connectivity index (χ0n) is 11.0. The molecule has 0 aromatic carbocycles. The number of aromatic nitrogens is 1. The number of pyridine rings is 1. The molecule has 0 aliphatic rings. The van der Waals surface area contributed by atoms with Crippen molar-refractivity contribution in [3.8, 4) is 0 Å². The molecule has 0 atom stereocenters. The second kappa shape index (κ2) is 6.23. The Balaban J connectivity index is 2.69. The third-order valence-electron chi connectivity index (χ3n) is 2.35. The van der Waals surface area contributed by atoms with Crippen molar-refractivity contribution in [3.05, 3.63) is 24.0 Å². The van der Waals surface area contributed by atoms with E-state index in [0.29, 0.717) is 11.6 Å². The molecule has 94 valence electrons. The number of carbonyl (C=O) groups is 1. The van der Waals surface area contributed by atoms with E-state index in [0.717, 1.165) is 18.8 Å². The van der Waals surface area contributed by atoms with Crippen LogP contribution >= 0.6 is 0 Å². The van der Waals surface area contributed by atoms with Gasteiger partial charge in [0.05, 0.1) is 11.9 Å². The van der Waals surface area contributed by atoms with E-state index >= 15 is 0 Å². The van der Waals surface area contributed by atoms with E-state index in [2.05, 4.69) is 24.1 Å². The first-order valence-electron chi connectivity index (χ1n) is 6.00. The van der Waals surface area contributed by atoms with Gasteiger partial charge in [-0.25, -0.2) is 4.98 Å². The van der Waals surface area contributed by atoms with Crippen LogP contribution in [0, 0.1) is 5.92 Å². The van der Waals surface area contributed by atoms with Crippen LogP contribution in [0.15, 0.2) is 18.3 Å². The summed E-state index contributed by atoms with van der Waals surface area (Å²) < 4.78 is 0. The Labute approximate surface area is 103 Å². The molecule has 1 N–H and O–H groups in total. The zero-order valence-corrected chi connectivity index (χ0v) is 11.0. The molecule has 4 nitrogen and oxygen atoms in total. The number of hydrogen-bond acceptors (Lipinski definition) is 3. The van der Waals surface area contributed by atoms with Gasteiger partial charge in [-0.05, 0) is 25.0 Å². The number of rotatable bonds is 5. The van der Waals surface area contributed by atoms with Gasteiger partial charge in [0, 0.05) is 20.1 Å². The molecule has 1 heterocycles. The molecule has 1 amide bonds. The number of amides is 1. The van der Waals surface area contributed by atoms with Crippen LogP contribution in [0.5, 0.6) is 0 Å². The molecular weight excluding hydrogens is 214 g/mol. The molecule has 0 aliphatic heterocycles. The highest BCUT2D eigenvalue weighted by molar-refractivity contribution is 5.92. The topological polar surface area (TPSA) is 45.2 Å². The van der Waals surface area contributed by atoms with E-state index < -0.39 is 0 Å². The zero-order chi connectivity index (χ0) is 12.8. The van der Waals surface area contributed by atoms with Crippen molar-refractivity contribution in [3.63, 3.8) is 0 Å². The number of hydrogen-bond donors (Lipinski definition) is 1. The van der Waals surface area contributed by atoms with Crippen molar-refractivity contribution in [2.75, 3.05) is 25.5 Å². The number of nitrogens with one attached hydrogen (secondary N) is 1. The van der Waals surface area contributed by atoms with Gasteiger partial charge < -0.3 is 10.2 Å². The molecule has 0 radical (unpaired) electrons. The molecule has 0 spiro atoms. The fourth-order valence-corrected chi connectivity index (χ4v) is 1.66. The number of anilines is 1. The minimum atomic E-state index is -0.0262. The molecule has 4 heteroatoms. The molecule has 17 heavy (non-hydrogen) atoms. The Bertz CT molecular complexity index is 359. The van der Waals surface area contributed by atoms with Crippen LogP contribution < -0.4 is 5.32 Å². The fourth-order valence-electron chi connectivity index (χ4n) is 1.66. The Morgan fingerprint density at radius 2 is 2.18 bits per heavy atom. The van der Waals surface area contributed by atoms with Crippen molar-refractivity contribution < 1.29 is 4.79 Å². The van der Waals surface area contributed by atoms with Crippen molar-refractivity contribution in [1.29, 1.82) is 0 Å². The predicted molar refractivity (Wildman–Crippen MR) is 70.2 cm³/mol. The van der Waals surface area contributed by atoms with Crippen LogP contribution in [0.1, 0.15) is 31.3 Å². The van der Waals surface area contributed by atoms with E-state index in [-0.39, 0.29) is 5.91 Å². The summed E-state index contributed by atoms with van der Waals surface area (Å²) in [5.41, 5.74) is 1.44. The lowest BCUT2D eigenvalue weighted by atomic mass is 10.2. The third kappa shape index (κ3) is 4.06. The van der Waals surface area contributed by atoms with E-state index in [1.165, 1.54) is 0 Å². The standard InChI is InChI=1S/C13H21N3O/c1-5-14-11-6-7-12(15-8-11)13(17)16(4)9-10(2)3/h6-8,10,14H,5,9H2,1-4H3. The second-order valence-corrected chi connectivity index (χ2v) is 4.54. The normalized spacial score (nSPS) is 10.4. The van der Waals surface area contributed by atoms with Crippen LogP contribution in [0.25, 0.3) is 0 Å². The number of carbonyl (C=O) groups excluding carboxylic acids is 1. The summed E-state index contributed by atoms with van der Waals surface area (Å²) in [5.74, 6) is 0.437. The van der Waals surface area contributed by atoms with E-state index in [1.54, 1.807) is 17.2 Å². The Morgan fingerprint density at radius 3 is 2.65 bits per heavy atom. The van der Waals surface area contributed by atoms with Crippen molar-refractivity contribution in [1.82, 2.24) is 9.88 Å². The van der Waals surface area contributed by atoms with Crippen molar-refractivity contribution >= 4 is 11.6 Å². The van der Waals surface area contributed by atoms with Gasteiger partial charge in [0.25, 0.3) is 5.91 Å². The lowest BCUT2D eigenvalue weighted by Crippen LogP contribution is -2.30. The number of nitrogens with zero attached hydrogens (tertiary/aromatic N) is 2. The highest BCUT2D eigenvalue weighted by Crippen LogP contribution is 2.08. The smallest absolute Gasteiger partial charge is 0.272 e. The van der Waals surface area contributed by atoms with Crippen molar-refractivity contribution in [2.45, 2.75) is 20.8 Å². The predicted octanol–water partition coefficient (Wildman–Crippen LogP) is 2.24. The monoisotopic (exact) mass is 235 g/mol. The lowest BCUT2D eigenvalue weighted by molar-refractivity contribution is 0.0773. The molecule has 0 saturated carbocycles. The highest BCUT2D eigenvalue weighted by atomic mass is 16.2. The lowest BCUT2D eigenvalue weighted by Gasteiger charge is -2.18. The molecule has 0 saturated heterocycles. The fraction of sp³-hybridized carbons (Fsp3) is 0.538. The van der Waals surface area contributed by atoms with Crippen LogP contribution in [0.2, 0.25) is 0 Å². The van der Waals surface area contributed by atoms with E-state index in [9.17, 15) is 4.79 Å². The molecule has 1 aromatic heterocycles. The van der Waals surface area contributed by atoms with Crippen LogP contribution in [-0.4, -0.2) is 35.9 Å². The minimum Gasteiger partial charge on any atom is -0.384 e. The molecule has 0 aliphatic carbocycles. The minimum absolute atomic E-state index is 0.0262. The summed E-state index contributed by atoms with van der Waals surface area (Å²) in [7, 11) is 1.81. The summed E-state index contributed by atoms with van der Waals surface area (Å²) in [4.78, 5) is 17.9. The average molecular weight is 235 g/mol. The first kappa shape index (κ1) is 13.5. The Kier molecular flexibility index (Phi) is 4.94. The maximum atomic E-state index is 12.0. The third-order valence-corrected chi connectivity index (χ3v) is 2.35. The SMILES string of the molecule is CCNc1ccc(C(=O)N(C)CC(C)C)nc1. The van der Waals surface area contributed by atoms with Gasteiger partial charge in [-0.2, -0.15) is 0 Å². The summed E-state index contributed by atoms with van der Waals surface area (Å²) >= 11 is 0. The molecular formula is C13H21N3O. The summed E-state index contributed by atoms with van der Waals surface area (Å²) in [6.07, 6.45) is 1.69. The first-order chi connectivity index (χ1) is 8.04. The molecule has 0 unspecified atom stereocenters. The highest BCUT2D eigenvalue weighted by Gasteiger charge is 2.13. The maximum absolute atomic E-state index is 12.0. The second-order valence-electron chi connectivity index (χ2n) is 4.54. The van der Waals surface area contributed by atoms with Gasteiger partial charge in [0.15, 0.2) is 0 Å². The van der Waals surface area contributed by atoms with E-state index in [4.69, 9.17) is 0 Å². The first-order valence-corrected chi connectivity index (χ1v) is 6.00. The molecule has 0 bridgehead atoms. The van der Waals surface area contributed by atoms with Gasteiger partial charge >= 0.3 is 0 Å². The van der Waals surface area contributed by atoms with Crippen LogP contribution in [0.3, 0.4) is 0 Å². The summed E-state index contributed by atoms with van der Waals surface area (Å²) in [6.45, 7) is 7.80. The van der Waals surface area contributed by atoms with Crippen LogP contribution in [0.4, 0.5) is 5.69 Å². The summed E-state index contributed by atoms with van der Waals surface area (Å²) in [5, 5.41) is 3.15. The van der Waals surface area contributed by atoms with E-state index in [1.807, 2.05) is 20.0 Å².